The maximum Gasteiger partial charge on any atom is 0.185 e. The maximum atomic E-state index is 11.1. The van der Waals surface area contributed by atoms with Gasteiger partial charge in [-0.25, -0.2) is 8.42 Å². The molecule has 3 nitrogen and oxygen atoms in total. The Morgan fingerprint density at radius 2 is 1.93 bits per heavy atom. The van der Waals surface area contributed by atoms with Crippen molar-refractivity contribution in [2.24, 2.45) is 0 Å². The van der Waals surface area contributed by atoms with Gasteiger partial charge in [-0.15, -0.1) is 0 Å². The first kappa shape index (κ1) is 11.8. The molecule has 1 rings (SSSR count). The predicted molar refractivity (Wildman–Crippen MR) is 59.9 cm³/mol. The monoisotopic (exact) mass is 241 g/mol. The van der Waals surface area contributed by atoms with Gasteiger partial charge >= 0.3 is 0 Å². The van der Waals surface area contributed by atoms with Crippen molar-refractivity contribution in [3.63, 3.8) is 0 Å². The fourth-order valence-electron chi connectivity index (χ4n) is 0.933. The number of nitrogens with zero attached hydrogens (tertiary/aromatic N) is 1. The van der Waals surface area contributed by atoms with Crippen molar-refractivity contribution in [2.45, 2.75) is 0 Å². The van der Waals surface area contributed by atoms with E-state index in [9.17, 15) is 8.42 Å². The molecule has 0 N–H and O–H groups in total. The second-order valence-corrected chi connectivity index (χ2v) is 5.36. The zero-order chi connectivity index (χ0) is 11.5. The summed E-state index contributed by atoms with van der Waals surface area (Å²) in [5.74, 6) is 0. The lowest BCUT2D eigenvalue weighted by Crippen LogP contribution is -1.98. The van der Waals surface area contributed by atoms with E-state index in [1.165, 1.54) is 6.08 Å². The van der Waals surface area contributed by atoms with Crippen LogP contribution in [0.15, 0.2) is 29.2 Å². The summed E-state index contributed by atoms with van der Waals surface area (Å²) in [6, 6.07) is 8.19. The highest BCUT2D eigenvalue weighted by molar-refractivity contribution is 7.95. The van der Waals surface area contributed by atoms with E-state index in [1.807, 2.05) is 0 Å². The Labute approximate surface area is 93.5 Å². The predicted octanol–water partition coefficient (Wildman–Crippen LogP) is 2.25. The van der Waals surface area contributed by atoms with Gasteiger partial charge in [0.2, 0.25) is 0 Å². The number of hydrogen-bond donors (Lipinski definition) is 0. The lowest BCUT2D eigenvalue weighted by molar-refractivity contribution is 0.609. The average Bonchev–Trinajstić information content (AvgIpc) is 2.15. The molecule has 0 aliphatic heterocycles. The van der Waals surface area contributed by atoms with Crippen molar-refractivity contribution in [3.05, 3.63) is 39.8 Å². The van der Waals surface area contributed by atoms with Crippen LogP contribution in [0.25, 0.3) is 6.08 Å². The lowest BCUT2D eigenvalue weighted by Gasteiger charge is -1.96. The highest BCUT2D eigenvalue weighted by Gasteiger charge is 2.09. The third-order valence-corrected chi connectivity index (χ3v) is 2.94. The summed E-state index contributed by atoms with van der Waals surface area (Å²) in [7, 11) is -3.46. The summed E-state index contributed by atoms with van der Waals surface area (Å²) in [6.07, 6.45) is 2.31. The molecule has 0 amide bonds. The number of nitriles is 1. The Bertz CT molecular complexity index is 524. The molecule has 0 aliphatic carbocycles. The molecule has 0 unspecified atom stereocenters. The van der Waals surface area contributed by atoms with E-state index in [2.05, 4.69) is 0 Å². The summed E-state index contributed by atoms with van der Waals surface area (Å²) in [6.45, 7) is 0. The van der Waals surface area contributed by atoms with Crippen LogP contribution in [0.4, 0.5) is 0 Å². The van der Waals surface area contributed by atoms with Gasteiger partial charge in [-0.1, -0.05) is 23.7 Å². The van der Waals surface area contributed by atoms with Crippen molar-refractivity contribution in [3.8, 4) is 6.07 Å². The van der Waals surface area contributed by atoms with Crippen LogP contribution in [-0.4, -0.2) is 14.7 Å². The van der Waals surface area contributed by atoms with Crippen LogP contribution < -0.4 is 0 Å². The smallest absolute Gasteiger partial charge is 0.185 e. The molecule has 1 aromatic carbocycles. The third kappa shape index (κ3) is 3.39. The van der Waals surface area contributed by atoms with Gasteiger partial charge in [0.1, 0.15) is 11.0 Å². The molecule has 0 saturated carbocycles. The molecule has 1 aromatic rings. The quantitative estimate of drug-likeness (QED) is 0.747. The SMILES string of the molecule is CS(=O)(=O)C(C#N)=Cc1ccc(Cl)cc1. The van der Waals surface area contributed by atoms with Crippen LogP contribution in [0, 0.1) is 11.3 Å². The van der Waals surface area contributed by atoms with E-state index < -0.39 is 9.84 Å². The largest absolute Gasteiger partial charge is 0.223 e. The average molecular weight is 242 g/mol. The van der Waals surface area contributed by atoms with Gasteiger partial charge in [-0.3, -0.25) is 0 Å². The molecule has 15 heavy (non-hydrogen) atoms. The van der Waals surface area contributed by atoms with Crippen LogP contribution in [0.2, 0.25) is 5.02 Å². The molecule has 0 heterocycles. The van der Waals surface area contributed by atoms with E-state index >= 15 is 0 Å². The number of allylic oxidation sites excluding steroid dienone is 1. The second kappa shape index (κ2) is 4.47. The Morgan fingerprint density at radius 3 is 2.33 bits per heavy atom. The Balaban J connectivity index is 3.17. The van der Waals surface area contributed by atoms with E-state index in [0.29, 0.717) is 10.6 Å². The van der Waals surface area contributed by atoms with Crippen LogP contribution in [0.3, 0.4) is 0 Å². The molecule has 0 atom stereocenters. The number of benzene rings is 1. The standard InChI is InChI=1S/C10H8ClNO2S/c1-15(13,14)10(7-12)6-8-2-4-9(11)5-3-8/h2-6H,1H3. The maximum absolute atomic E-state index is 11.1. The van der Waals surface area contributed by atoms with E-state index in [4.69, 9.17) is 16.9 Å². The molecular weight excluding hydrogens is 234 g/mol. The van der Waals surface area contributed by atoms with Gasteiger partial charge in [0, 0.05) is 11.3 Å². The Hall–Kier alpha value is -1.31. The summed E-state index contributed by atoms with van der Waals surface area (Å²) in [5.41, 5.74) is 0.626. The summed E-state index contributed by atoms with van der Waals surface area (Å²) >= 11 is 5.67. The van der Waals surface area contributed by atoms with E-state index in [0.717, 1.165) is 6.26 Å². The molecular formula is C10H8ClNO2S. The number of halogens is 1. The van der Waals surface area contributed by atoms with E-state index in [1.54, 1.807) is 30.3 Å². The van der Waals surface area contributed by atoms with Gasteiger partial charge in [-0.2, -0.15) is 5.26 Å². The summed E-state index contributed by atoms with van der Waals surface area (Å²) < 4.78 is 22.2. The fraction of sp³-hybridized carbons (Fsp3) is 0.100. The molecule has 0 radical (unpaired) electrons. The molecule has 0 aromatic heterocycles. The molecule has 0 spiro atoms. The minimum atomic E-state index is -3.46. The molecule has 0 saturated heterocycles. The van der Waals surface area contributed by atoms with Gasteiger partial charge in [-0.05, 0) is 23.8 Å². The van der Waals surface area contributed by atoms with Crippen molar-refractivity contribution in [1.29, 1.82) is 5.26 Å². The lowest BCUT2D eigenvalue weighted by atomic mass is 10.2. The Kier molecular flexibility index (Phi) is 3.51. The Morgan fingerprint density at radius 1 is 1.40 bits per heavy atom. The molecule has 0 fully saturated rings. The number of hydrogen-bond acceptors (Lipinski definition) is 3. The van der Waals surface area contributed by atoms with Crippen LogP contribution in [-0.2, 0) is 9.84 Å². The minimum Gasteiger partial charge on any atom is -0.223 e. The van der Waals surface area contributed by atoms with Crippen LogP contribution >= 0.6 is 11.6 Å². The topological polar surface area (TPSA) is 57.9 Å². The van der Waals surface area contributed by atoms with Crippen LogP contribution in [0.1, 0.15) is 5.56 Å². The van der Waals surface area contributed by atoms with Gasteiger partial charge in [0.15, 0.2) is 9.84 Å². The molecule has 5 heteroatoms. The molecule has 78 valence electrons. The van der Waals surface area contributed by atoms with Gasteiger partial charge in [0.05, 0.1) is 0 Å². The highest BCUT2D eigenvalue weighted by atomic mass is 35.5. The number of rotatable bonds is 2. The summed E-state index contributed by atoms with van der Waals surface area (Å²) in [4.78, 5) is -0.259. The molecule has 0 aliphatic rings. The van der Waals surface area contributed by atoms with Crippen molar-refractivity contribution < 1.29 is 8.42 Å². The van der Waals surface area contributed by atoms with Crippen molar-refractivity contribution in [2.75, 3.05) is 6.26 Å². The highest BCUT2D eigenvalue weighted by Crippen LogP contribution is 2.14. The fourth-order valence-corrected chi connectivity index (χ4v) is 1.57. The van der Waals surface area contributed by atoms with Gasteiger partial charge in [0.25, 0.3) is 0 Å². The first-order valence-corrected chi connectivity index (χ1v) is 6.28. The van der Waals surface area contributed by atoms with E-state index in [-0.39, 0.29) is 4.91 Å². The van der Waals surface area contributed by atoms with Crippen molar-refractivity contribution in [1.82, 2.24) is 0 Å². The summed E-state index contributed by atoms with van der Waals surface area (Å²) in [5, 5.41) is 9.21. The number of sulfone groups is 1. The minimum absolute atomic E-state index is 0.259. The first-order chi connectivity index (χ1) is 6.93. The normalized spacial score (nSPS) is 12.2. The second-order valence-electron chi connectivity index (χ2n) is 2.94. The zero-order valence-electron chi connectivity index (χ0n) is 7.94. The van der Waals surface area contributed by atoms with Crippen molar-refractivity contribution >= 4 is 27.5 Å². The van der Waals surface area contributed by atoms with Crippen LogP contribution in [0.5, 0.6) is 0 Å². The van der Waals surface area contributed by atoms with Gasteiger partial charge < -0.3 is 0 Å². The third-order valence-electron chi connectivity index (χ3n) is 1.68. The molecule has 0 bridgehead atoms. The first-order valence-electron chi connectivity index (χ1n) is 4.01. The zero-order valence-corrected chi connectivity index (χ0v) is 9.51.